The molecular formula is C42H82ClO2Ru2. The topological polar surface area (TPSA) is 37.3 Å². The van der Waals surface area contributed by atoms with Gasteiger partial charge in [-0.2, -0.15) is 0 Å². The first kappa shape index (κ1) is 68.8. The number of carbonyl (C=O) groups is 1. The van der Waals surface area contributed by atoms with Crippen LogP contribution in [0.5, 0.6) is 0 Å². The SMILES string of the molecule is C1=CCC/C=C\CC1.C1=CCC/C=C\CC1.C1CCCCCCC1.CC(=O)O.CC1C(C)C(C)C(C)C1C.[CH3-].[CH3-].[CH3-].[CH3-].[CH3-].[CH3-].[Cl][Ru+3].[Ru+3]. The summed E-state index contributed by atoms with van der Waals surface area (Å²) in [5.41, 5.74) is 0. The smallest absolute Gasteiger partial charge is 3.00 e. The molecule has 1 N–H and O–H groups in total. The van der Waals surface area contributed by atoms with Gasteiger partial charge in [0.15, 0.2) is 0 Å². The quantitative estimate of drug-likeness (QED) is 0.150. The fraction of sp³-hybridized carbons (Fsp3) is 0.643. The van der Waals surface area contributed by atoms with Gasteiger partial charge in [0, 0.05) is 6.92 Å². The Bertz CT molecular complexity index is 523. The summed E-state index contributed by atoms with van der Waals surface area (Å²) in [4.78, 5) is 9.00. The molecule has 0 aromatic rings. The zero-order chi connectivity index (χ0) is 30.4. The van der Waals surface area contributed by atoms with Crippen LogP contribution in [-0.2, 0) is 41.6 Å². The second kappa shape index (κ2) is 52.8. The van der Waals surface area contributed by atoms with Crippen molar-refractivity contribution >= 4 is 15.7 Å². The van der Waals surface area contributed by atoms with Gasteiger partial charge in [-0.05, 0) is 81.0 Å². The molecule has 4 aliphatic carbocycles. The molecule has 2 saturated carbocycles. The largest absolute Gasteiger partial charge is 3.00 e. The van der Waals surface area contributed by atoms with Crippen LogP contribution in [0.1, 0.15) is 144 Å². The van der Waals surface area contributed by atoms with Crippen LogP contribution in [0.15, 0.2) is 48.6 Å². The summed E-state index contributed by atoms with van der Waals surface area (Å²) in [6.45, 7) is 13.1. The van der Waals surface area contributed by atoms with Crippen molar-refractivity contribution in [3.05, 3.63) is 93.2 Å². The number of rotatable bonds is 0. The third-order valence-electron chi connectivity index (χ3n) is 8.81. The van der Waals surface area contributed by atoms with Crippen LogP contribution in [0, 0.1) is 74.1 Å². The van der Waals surface area contributed by atoms with Crippen LogP contribution in [0.25, 0.3) is 0 Å². The minimum absolute atomic E-state index is 0. The van der Waals surface area contributed by atoms with E-state index in [1.807, 2.05) is 17.3 Å². The molecule has 285 valence electrons. The number of hydrogen-bond donors (Lipinski definition) is 1. The fourth-order valence-corrected chi connectivity index (χ4v) is 5.52. The molecule has 0 atom stereocenters. The first-order chi connectivity index (χ1) is 19.3. The van der Waals surface area contributed by atoms with E-state index in [0.29, 0.717) is 0 Å². The molecule has 47 heavy (non-hydrogen) atoms. The first-order valence-electron chi connectivity index (χ1n) is 16.2. The molecular weight excluding hydrogens is 774 g/mol. The molecule has 2 nitrogen and oxygen atoms in total. The Balaban J connectivity index is -0.0000000531. The van der Waals surface area contributed by atoms with Crippen LogP contribution >= 0.6 is 9.69 Å². The van der Waals surface area contributed by atoms with Gasteiger partial charge < -0.3 is 49.7 Å². The summed E-state index contributed by atoms with van der Waals surface area (Å²) in [6.07, 6.45) is 40.0. The third kappa shape index (κ3) is 46.0. The standard InChI is InChI=1S/C10H20.C8H16.2C8H12.C2H4O2.6CH3.ClH.2Ru/c1-6-7(2)9(4)10(5)8(6)3;3*1-2-4-6-8-7-5-3-1;1-2(3)4;;;;;;;;;/h6-10H,1-5H3;1-8H2;2*1-2,7-8H,3-6H2;1H3,(H,3,4);6*1H3;1H;;/q;;;;;6*-1;;+3;+4/p-1/b;;2*2-1-,8-7?;;;;;;;;;;. The van der Waals surface area contributed by atoms with E-state index >= 15 is 0 Å². The zero-order valence-electron chi connectivity index (χ0n) is 33.3. The van der Waals surface area contributed by atoms with E-state index in [-0.39, 0.29) is 64.0 Å². The summed E-state index contributed by atoms with van der Waals surface area (Å²) in [5.74, 6) is 3.84. The summed E-state index contributed by atoms with van der Waals surface area (Å²) in [6, 6.07) is 0. The van der Waals surface area contributed by atoms with Crippen molar-refractivity contribution in [3.63, 3.8) is 0 Å². The van der Waals surface area contributed by atoms with Gasteiger partial charge in [-0.1, -0.05) is 135 Å². The van der Waals surface area contributed by atoms with Gasteiger partial charge >= 0.3 is 46.5 Å². The van der Waals surface area contributed by atoms with Gasteiger partial charge in [0.05, 0.1) is 0 Å². The second-order valence-electron chi connectivity index (χ2n) is 11.8. The van der Waals surface area contributed by atoms with Gasteiger partial charge in [-0.3, -0.25) is 4.79 Å². The zero-order valence-corrected chi connectivity index (χ0v) is 37.5. The van der Waals surface area contributed by atoms with Gasteiger partial charge in [-0.25, -0.2) is 0 Å². The monoisotopic (exact) mass is 857 g/mol. The van der Waals surface area contributed by atoms with Crippen LogP contribution in [0.2, 0.25) is 0 Å². The molecule has 0 spiro atoms. The maximum absolute atomic E-state index is 9.00. The van der Waals surface area contributed by atoms with Crippen LogP contribution in [-0.4, -0.2) is 11.1 Å². The van der Waals surface area contributed by atoms with Crippen molar-refractivity contribution in [2.75, 3.05) is 0 Å². The minimum atomic E-state index is -0.833. The predicted octanol–water partition coefficient (Wildman–Crippen LogP) is 15.1. The maximum Gasteiger partial charge on any atom is 3.00 e. The number of carboxylic acid groups (broad SMARTS) is 1. The van der Waals surface area contributed by atoms with Crippen molar-refractivity contribution in [1.29, 1.82) is 0 Å². The molecule has 4 rings (SSSR count). The van der Waals surface area contributed by atoms with Crippen LogP contribution in [0.3, 0.4) is 0 Å². The predicted molar refractivity (Wildman–Crippen MR) is 214 cm³/mol. The number of carboxylic acids is 1. The molecule has 0 bridgehead atoms. The second-order valence-corrected chi connectivity index (χ2v) is 11.8. The number of halogens is 1. The normalized spacial score (nSPS) is 24.7. The molecule has 0 aromatic carbocycles. The van der Waals surface area contributed by atoms with E-state index in [2.05, 4.69) is 92.9 Å². The molecule has 4 aliphatic rings. The number of aliphatic carboxylic acids is 1. The van der Waals surface area contributed by atoms with Crippen molar-refractivity contribution in [2.24, 2.45) is 29.6 Å². The molecule has 5 heteroatoms. The van der Waals surface area contributed by atoms with Crippen molar-refractivity contribution in [1.82, 2.24) is 0 Å². The van der Waals surface area contributed by atoms with E-state index < -0.39 is 5.97 Å². The van der Waals surface area contributed by atoms with E-state index in [1.165, 1.54) is 103 Å². The minimum Gasteiger partial charge on any atom is 3.00 e. The van der Waals surface area contributed by atoms with Crippen LogP contribution in [0.4, 0.5) is 0 Å². The molecule has 0 aliphatic heterocycles. The molecule has 0 saturated heterocycles. The van der Waals surface area contributed by atoms with Gasteiger partial charge in [-0.15, -0.1) is 0 Å². The Labute approximate surface area is 327 Å². The van der Waals surface area contributed by atoms with Gasteiger partial charge in [0.2, 0.25) is 0 Å². The average Bonchev–Trinajstić information content (AvgIpc) is 3.02. The van der Waals surface area contributed by atoms with Crippen molar-refractivity contribution < 1.29 is 46.7 Å². The Hall–Kier alpha value is -0.0332. The Morgan fingerprint density at radius 2 is 0.532 bits per heavy atom. The molecule has 0 amide bonds. The molecule has 2 fully saturated rings. The third-order valence-corrected chi connectivity index (χ3v) is 8.81. The average molecular weight is 857 g/mol. The Morgan fingerprint density at radius 1 is 0.447 bits per heavy atom. The number of hydrogen-bond acceptors (Lipinski definition) is 1. The molecule has 0 unspecified atom stereocenters. The maximum atomic E-state index is 9.00. The fourth-order valence-electron chi connectivity index (χ4n) is 5.52. The van der Waals surface area contributed by atoms with Gasteiger partial charge in [0.1, 0.15) is 0 Å². The summed E-state index contributed by atoms with van der Waals surface area (Å²) >= 11 is 1.82. The summed E-state index contributed by atoms with van der Waals surface area (Å²) in [7, 11) is 4.57. The molecule has 0 aromatic heterocycles. The molecule has 0 heterocycles. The Morgan fingerprint density at radius 3 is 0.617 bits per heavy atom. The summed E-state index contributed by atoms with van der Waals surface area (Å²) < 4.78 is 0. The molecule has 1 radical (unpaired) electrons. The van der Waals surface area contributed by atoms with Gasteiger partial charge in [0.25, 0.3) is 5.97 Å². The van der Waals surface area contributed by atoms with E-state index in [1.54, 1.807) is 0 Å². The van der Waals surface area contributed by atoms with Crippen molar-refractivity contribution in [3.8, 4) is 0 Å². The van der Waals surface area contributed by atoms with E-state index in [0.717, 1.165) is 36.5 Å². The van der Waals surface area contributed by atoms with E-state index in [9.17, 15) is 0 Å². The van der Waals surface area contributed by atoms with Crippen molar-refractivity contribution in [2.45, 2.75) is 144 Å². The van der Waals surface area contributed by atoms with Crippen LogP contribution < -0.4 is 0 Å². The Kier molecular flexibility index (Phi) is 77.3. The summed E-state index contributed by atoms with van der Waals surface area (Å²) in [5, 5.41) is 7.42. The number of allylic oxidation sites excluding steroid dienone is 8. The van der Waals surface area contributed by atoms with E-state index in [4.69, 9.17) is 9.90 Å². The first-order valence-corrected chi connectivity index (χ1v) is 18.5.